The third-order valence-corrected chi connectivity index (χ3v) is 2.39. The molecule has 0 radical (unpaired) electrons. The van der Waals surface area contributed by atoms with Gasteiger partial charge < -0.3 is 9.84 Å². The van der Waals surface area contributed by atoms with Gasteiger partial charge in [0.05, 0.1) is 5.56 Å². The zero-order valence-corrected chi connectivity index (χ0v) is 7.61. The van der Waals surface area contributed by atoms with Crippen LogP contribution in [-0.4, -0.2) is 17.7 Å². The Hall–Kier alpha value is -1.65. The molecule has 15 heavy (non-hydrogen) atoms. The van der Waals surface area contributed by atoms with E-state index in [1.807, 2.05) is 0 Å². The number of hydrogen-bond acceptors (Lipinski definition) is 2. The van der Waals surface area contributed by atoms with Gasteiger partial charge in [-0.25, -0.2) is 8.78 Å². The summed E-state index contributed by atoms with van der Waals surface area (Å²) in [6.45, 7) is -0.501. The van der Waals surface area contributed by atoms with E-state index in [1.165, 1.54) is 18.2 Å². The van der Waals surface area contributed by atoms with Crippen molar-refractivity contribution in [2.24, 2.45) is 5.92 Å². The fourth-order valence-electron chi connectivity index (χ4n) is 1.56. The van der Waals surface area contributed by atoms with Crippen molar-refractivity contribution in [1.29, 1.82) is 0 Å². The third kappa shape index (κ3) is 1.44. The Morgan fingerprint density at radius 2 is 2.13 bits per heavy atom. The first-order valence-electron chi connectivity index (χ1n) is 4.36. The quantitative estimate of drug-likeness (QED) is 0.776. The lowest BCUT2D eigenvalue weighted by Crippen LogP contribution is -2.40. The zero-order chi connectivity index (χ0) is 11.1. The Bertz CT molecular complexity index is 403. The molecule has 1 aromatic carbocycles. The summed E-state index contributed by atoms with van der Waals surface area (Å²) in [7, 11) is 0. The molecule has 80 valence electrons. The van der Waals surface area contributed by atoms with Crippen LogP contribution in [0.5, 0.6) is 5.75 Å². The molecule has 1 aliphatic rings. The van der Waals surface area contributed by atoms with E-state index in [-0.39, 0.29) is 11.3 Å². The molecule has 0 amide bonds. The van der Waals surface area contributed by atoms with Crippen LogP contribution in [0, 0.1) is 5.92 Å². The summed E-state index contributed by atoms with van der Waals surface area (Å²) in [5, 5.41) is 8.64. The van der Waals surface area contributed by atoms with Gasteiger partial charge in [0, 0.05) is 0 Å². The Balaban J connectivity index is 2.49. The molecule has 0 spiro atoms. The van der Waals surface area contributed by atoms with E-state index in [4.69, 9.17) is 9.84 Å². The number of alkyl halides is 2. The summed E-state index contributed by atoms with van der Waals surface area (Å²) in [5.74, 6) is -6.68. The van der Waals surface area contributed by atoms with Crippen LogP contribution in [0.3, 0.4) is 0 Å². The standard InChI is InChI=1S/C10H8F2O3/c11-10(12)6-3-1-2-4-8(6)15-5-7(10)9(13)14/h1-4,7H,5H2,(H,13,14). The largest absolute Gasteiger partial charge is 0.492 e. The second kappa shape index (κ2) is 3.18. The van der Waals surface area contributed by atoms with Crippen LogP contribution in [-0.2, 0) is 10.7 Å². The van der Waals surface area contributed by atoms with Crippen LogP contribution in [0.25, 0.3) is 0 Å². The summed E-state index contributed by atoms with van der Waals surface area (Å²) < 4.78 is 32.3. The average molecular weight is 214 g/mol. The first-order valence-corrected chi connectivity index (χ1v) is 4.36. The van der Waals surface area contributed by atoms with Crippen LogP contribution >= 0.6 is 0 Å². The molecular weight excluding hydrogens is 206 g/mol. The molecule has 1 atom stereocenters. The van der Waals surface area contributed by atoms with Crippen molar-refractivity contribution in [3.05, 3.63) is 29.8 Å². The number of hydrogen-bond donors (Lipinski definition) is 1. The van der Waals surface area contributed by atoms with Crippen LogP contribution < -0.4 is 4.74 Å². The number of aliphatic carboxylic acids is 1. The summed E-state index contributed by atoms with van der Waals surface area (Å²) in [6, 6.07) is 5.59. The van der Waals surface area contributed by atoms with E-state index in [2.05, 4.69) is 0 Å². The number of halogens is 2. The number of benzene rings is 1. The SMILES string of the molecule is O=C(O)C1COc2ccccc2C1(F)F. The lowest BCUT2D eigenvalue weighted by atomic mass is 9.92. The number of carboxylic acid groups (broad SMARTS) is 1. The monoisotopic (exact) mass is 214 g/mol. The van der Waals surface area contributed by atoms with Crippen LogP contribution in [0.4, 0.5) is 8.78 Å². The molecular formula is C10H8F2O3. The van der Waals surface area contributed by atoms with Crippen molar-refractivity contribution in [2.75, 3.05) is 6.61 Å². The lowest BCUT2D eigenvalue weighted by Gasteiger charge is -2.30. The highest BCUT2D eigenvalue weighted by atomic mass is 19.3. The van der Waals surface area contributed by atoms with Crippen molar-refractivity contribution in [1.82, 2.24) is 0 Å². The van der Waals surface area contributed by atoms with E-state index < -0.39 is 24.4 Å². The molecule has 1 aliphatic heterocycles. The normalized spacial score (nSPS) is 22.7. The molecule has 1 unspecified atom stereocenters. The Morgan fingerprint density at radius 3 is 2.80 bits per heavy atom. The number of fused-ring (bicyclic) bond motifs is 1. The predicted molar refractivity (Wildman–Crippen MR) is 47.0 cm³/mol. The summed E-state index contributed by atoms with van der Waals surface area (Å²) in [6.07, 6.45) is 0. The minimum atomic E-state index is -3.37. The molecule has 2 rings (SSSR count). The van der Waals surface area contributed by atoms with Crippen molar-refractivity contribution in [2.45, 2.75) is 5.92 Å². The molecule has 3 nitrogen and oxygen atoms in total. The smallest absolute Gasteiger partial charge is 0.316 e. The fourth-order valence-corrected chi connectivity index (χ4v) is 1.56. The Kier molecular flexibility index (Phi) is 2.10. The maximum Gasteiger partial charge on any atom is 0.316 e. The molecule has 1 heterocycles. The van der Waals surface area contributed by atoms with Crippen molar-refractivity contribution < 1.29 is 23.4 Å². The van der Waals surface area contributed by atoms with E-state index in [0.29, 0.717) is 0 Å². The molecule has 0 saturated carbocycles. The van der Waals surface area contributed by atoms with Crippen molar-refractivity contribution in [3.8, 4) is 5.75 Å². The van der Waals surface area contributed by atoms with Gasteiger partial charge in [0.2, 0.25) is 0 Å². The Morgan fingerprint density at radius 1 is 1.47 bits per heavy atom. The number of carbonyl (C=O) groups is 1. The molecule has 5 heteroatoms. The molecule has 1 aromatic rings. The Labute approximate surface area is 84.3 Å². The number of ether oxygens (including phenoxy) is 1. The molecule has 0 bridgehead atoms. The topological polar surface area (TPSA) is 46.5 Å². The molecule has 0 aromatic heterocycles. The minimum absolute atomic E-state index is 0.0556. The van der Waals surface area contributed by atoms with Gasteiger partial charge in [-0.1, -0.05) is 12.1 Å². The second-order valence-corrected chi connectivity index (χ2v) is 3.32. The van der Waals surface area contributed by atoms with Gasteiger partial charge in [-0.05, 0) is 12.1 Å². The van der Waals surface area contributed by atoms with E-state index in [1.54, 1.807) is 6.07 Å². The molecule has 0 fully saturated rings. The highest BCUT2D eigenvalue weighted by molar-refractivity contribution is 5.72. The second-order valence-electron chi connectivity index (χ2n) is 3.32. The van der Waals surface area contributed by atoms with Crippen LogP contribution in [0.1, 0.15) is 5.56 Å². The summed E-state index contributed by atoms with van der Waals surface area (Å²) >= 11 is 0. The van der Waals surface area contributed by atoms with Gasteiger partial charge in [0.1, 0.15) is 12.4 Å². The van der Waals surface area contributed by atoms with Gasteiger partial charge in [-0.15, -0.1) is 0 Å². The van der Waals surface area contributed by atoms with E-state index in [9.17, 15) is 13.6 Å². The van der Waals surface area contributed by atoms with Crippen LogP contribution in [0.2, 0.25) is 0 Å². The highest BCUT2D eigenvalue weighted by Gasteiger charge is 2.51. The average Bonchev–Trinajstić information content (AvgIpc) is 2.17. The molecule has 1 N–H and O–H groups in total. The van der Waals surface area contributed by atoms with E-state index >= 15 is 0 Å². The lowest BCUT2D eigenvalue weighted by molar-refractivity contribution is -0.165. The van der Waals surface area contributed by atoms with Crippen molar-refractivity contribution >= 4 is 5.97 Å². The number of rotatable bonds is 1. The minimum Gasteiger partial charge on any atom is -0.492 e. The predicted octanol–water partition coefficient (Wildman–Crippen LogP) is 1.87. The van der Waals surface area contributed by atoms with Gasteiger partial charge in [-0.3, -0.25) is 4.79 Å². The molecule has 0 saturated heterocycles. The van der Waals surface area contributed by atoms with Crippen LogP contribution in [0.15, 0.2) is 24.3 Å². The maximum atomic E-state index is 13.7. The highest BCUT2D eigenvalue weighted by Crippen LogP contribution is 2.44. The third-order valence-electron chi connectivity index (χ3n) is 2.39. The fraction of sp³-hybridized carbons (Fsp3) is 0.300. The first kappa shape index (κ1) is 9.89. The van der Waals surface area contributed by atoms with Gasteiger partial charge >= 0.3 is 5.97 Å². The summed E-state index contributed by atoms with van der Waals surface area (Å²) in [4.78, 5) is 10.6. The number of carboxylic acids is 1. The van der Waals surface area contributed by atoms with Gasteiger partial charge in [0.15, 0.2) is 5.92 Å². The molecule has 0 aliphatic carbocycles. The zero-order valence-electron chi connectivity index (χ0n) is 7.61. The van der Waals surface area contributed by atoms with E-state index in [0.717, 1.165) is 0 Å². The number of para-hydroxylation sites is 1. The van der Waals surface area contributed by atoms with Gasteiger partial charge in [0.25, 0.3) is 5.92 Å². The van der Waals surface area contributed by atoms with Crippen molar-refractivity contribution in [3.63, 3.8) is 0 Å². The van der Waals surface area contributed by atoms with Gasteiger partial charge in [-0.2, -0.15) is 0 Å². The maximum absolute atomic E-state index is 13.7. The summed E-state index contributed by atoms with van der Waals surface area (Å²) in [5.41, 5.74) is -0.358. The first-order chi connectivity index (χ1) is 7.03.